The van der Waals surface area contributed by atoms with E-state index in [9.17, 15) is 5.11 Å². The molecule has 0 saturated carbocycles. The van der Waals surface area contributed by atoms with Crippen molar-refractivity contribution in [2.45, 2.75) is 38.0 Å². The van der Waals surface area contributed by atoms with Gasteiger partial charge in [0.25, 0.3) is 0 Å². The monoisotopic (exact) mass is 420 g/mol. The first-order valence-electron chi connectivity index (χ1n) is 11.2. The standard InChI is InChI=1S/C24H32N6O/c1-17-6-5-9-25-24(17)21-15-18(31)14-20(28(21)3)19-16-30-22(26-19)7-4-8-23(30)29-12-10-27(2)11-13-29/h4-9,16,18,20-21,31H,10-15H2,1-3H3/t18-,20-,21+/m1/s1. The molecule has 31 heavy (non-hydrogen) atoms. The van der Waals surface area contributed by atoms with Crippen LogP contribution in [0.1, 0.15) is 41.9 Å². The number of aryl methyl sites for hydroxylation is 1. The van der Waals surface area contributed by atoms with Crippen molar-refractivity contribution in [2.75, 3.05) is 45.2 Å². The highest BCUT2D eigenvalue weighted by Gasteiger charge is 2.37. The van der Waals surface area contributed by atoms with Crippen LogP contribution < -0.4 is 4.90 Å². The second kappa shape index (κ2) is 8.22. The number of piperazine rings is 1. The van der Waals surface area contributed by atoms with Crippen molar-refractivity contribution in [3.63, 3.8) is 0 Å². The molecule has 3 aromatic heterocycles. The SMILES string of the molecule is Cc1cccnc1[C@@H]1C[C@H](O)C[C@H](c2cn3c(N4CCN(C)CC4)cccc3n2)N1C. The van der Waals surface area contributed by atoms with Crippen molar-refractivity contribution in [1.82, 2.24) is 24.2 Å². The maximum Gasteiger partial charge on any atom is 0.138 e. The highest BCUT2D eigenvalue weighted by Crippen LogP contribution is 2.40. The minimum absolute atomic E-state index is 0.0513. The summed E-state index contributed by atoms with van der Waals surface area (Å²) in [6, 6.07) is 10.6. The lowest BCUT2D eigenvalue weighted by molar-refractivity contribution is 0.0110. The van der Waals surface area contributed by atoms with Crippen LogP contribution in [0.4, 0.5) is 5.82 Å². The Bertz CT molecular complexity index is 1060. The van der Waals surface area contributed by atoms with Gasteiger partial charge in [0.1, 0.15) is 11.5 Å². The van der Waals surface area contributed by atoms with Crippen LogP contribution in [0, 0.1) is 6.92 Å². The van der Waals surface area contributed by atoms with Gasteiger partial charge in [0.05, 0.1) is 29.6 Å². The van der Waals surface area contributed by atoms with Gasteiger partial charge in [-0.2, -0.15) is 0 Å². The van der Waals surface area contributed by atoms with Gasteiger partial charge in [-0.05, 0) is 57.6 Å². The first kappa shape index (κ1) is 20.4. The van der Waals surface area contributed by atoms with Crippen molar-refractivity contribution >= 4 is 11.5 Å². The predicted octanol–water partition coefficient (Wildman–Crippen LogP) is 2.66. The minimum Gasteiger partial charge on any atom is -0.393 e. The number of hydrogen-bond donors (Lipinski definition) is 1. The summed E-state index contributed by atoms with van der Waals surface area (Å²) in [6.45, 7) is 6.28. The van der Waals surface area contributed by atoms with E-state index in [0.29, 0.717) is 12.8 Å². The number of likely N-dealkylation sites (tertiary alicyclic amines) is 1. The largest absolute Gasteiger partial charge is 0.393 e. The molecule has 3 atom stereocenters. The second-order valence-electron chi connectivity index (χ2n) is 9.10. The zero-order chi connectivity index (χ0) is 21.5. The summed E-state index contributed by atoms with van der Waals surface area (Å²) in [5.74, 6) is 1.19. The van der Waals surface area contributed by atoms with Crippen LogP contribution in [0.2, 0.25) is 0 Å². The van der Waals surface area contributed by atoms with Gasteiger partial charge in [-0.1, -0.05) is 12.1 Å². The molecule has 2 fully saturated rings. The fourth-order valence-corrected chi connectivity index (χ4v) is 5.11. The summed E-state index contributed by atoms with van der Waals surface area (Å²) >= 11 is 0. The molecular formula is C24H32N6O. The topological polar surface area (TPSA) is 60.1 Å². The first-order valence-corrected chi connectivity index (χ1v) is 11.2. The molecule has 0 radical (unpaired) electrons. The third-order valence-electron chi connectivity index (χ3n) is 7.00. The van der Waals surface area contributed by atoms with E-state index >= 15 is 0 Å². The van der Waals surface area contributed by atoms with E-state index in [2.05, 4.69) is 75.6 Å². The molecular weight excluding hydrogens is 388 g/mol. The summed E-state index contributed by atoms with van der Waals surface area (Å²) in [4.78, 5) is 16.8. The van der Waals surface area contributed by atoms with E-state index in [-0.39, 0.29) is 18.2 Å². The smallest absolute Gasteiger partial charge is 0.138 e. The van der Waals surface area contributed by atoms with Crippen LogP contribution in [0.5, 0.6) is 0 Å². The lowest BCUT2D eigenvalue weighted by Crippen LogP contribution is -2.45. The summed E-state index contributed by atoms with van der Waals surface area (Å²) in [5.41, 5.74) is 4.20. The molecule has 5 heterocycles. The highest BCUT2D eigenvalue weighted by molar-refractivity contribution is 5.53. The second-order valence-corrected chi connectivity index (χ2v) is 9.10. The Balaban J connectivity index is 1.48. The molecule has 0 aromatic carbocycles. The zero-order valence-electron chi connectivity index (χ0n) is 18.6. The fourth-order valence-electron chi connectivity index (χ4n) is 5.11. The average Bonchev–Trinajstić information content (AvgIpc) is 3.20. The fraction of sp³-hybridized carbons (Fsp3) is 0.500. The number of fused-ring (bicyclic) bond motifs is 1. The van der Waals surface area contributed by atoms with E-state index in [1.165, 1.54) is 11.4 Å². The molecule has 0 aliphatic carbocycles. The summed E-state index contributed by atoms with van der Waals surface area (Å²) < 4.78 is 2.22. The lowest BCUT2D eigenvalue weighted by atomic mass is 9.89. The molecule has 5 rings (SSSR count). The third kappa shape index (κ3) is 3.82. The first-order chi connectivity index (χ1) is 15.0. The molecule has 0 amide bonds. The predicted molar refractivity (Wildman–Crippen MR) is 122 cm³/mol. The number of pyridine rings is 2. The van der Waals surface area contributed by atoms with E-state index in [0.717, 1.165) is 43.2 Å². The van der Waals surface area contributed by atoms with Crippen LogP contribution in [0.3, 0.4) is 0 Å². The Morgan fingerprint density at radius 2 is 1.74 bits per heavy atom. The number of rotatable bonds is 3. The van der Waals surface area contributed by atoms with Gasteiger partial charge >= 0.3 is 0 Å². The van der Waals surface area contributed by atoms with Crippen molar-refractivity contribution in [3.05, 3.63) is 59.7 Å². The summed E-state index contributed by atoms with van der Waals surface area (Å²) in [7, 11) is 4.32. The van der Waals surface area contributed by atoms with Crippen LogP contribution in [0.15, 0.2) is 42.7 Å². The number of aromatic nitrogens is 3. The summed E-state index contributed by atoms with van der Waals surface area (Å²) in [5, 5.41) is 10.7. The molecule has 7 heteroatoms. The highest BCUT2D eigenvalue weighted by atomic mass is 16.3. The number of aliphatic hydroxyl groups excluding tert-OH is 1. The molecule has 7 nitrogen and oxygen atoms in total. The Kier molecular flexibility index (Phi) is 5.42. The van der Waals surface area contributed by atoms with Crippen LogP contribution in [-0.2, 0) is 0 Å². The van der Waals surface area contributed by atoms with Gasteiger partial charge in [0.15, 0.2) is 0 Å². The van der Waals surface area contributed by atoms with Gasteiger partial charge in [-0.3, -0.25) is 14.3 Å². The van der Waals surface area contributed by atoms with Crippen molar-refractivity contribution < 1.29 is 5.11 Å². The van der Waals surface area contributed by atoms with Gasteiger partial charge in [-0.25, -0.2) is 4.98 Å². The van der Waals surface area contributed by atoms with E-state index in [4.69, 9.17) is 4.98 Å². The van der Waals surface area contributed by atoms with Gasteiger partial charge in [0.2, 0.25) is 0 Å². The van der Waals surface area contributed by atoms with Gasteiger partial charge in [0, 0.05) is 38.6 Å². The number of likely N-dealkylation sites (N-methyl/N-ethyl adjacent to an activating group) is 1. The lowest BCUT2D eigenvalue weighted by Gasteiger charge is -2.41. The molecule has 0 unspecified atom stereocenters. The van der Waals surface area contributed by atoms with Crippen LogP contribution in [-0.4, -0.2) is 75.7 Å². The average molecular weight is 421 g/mol. The molecule has 164 valence electrons. The van der Waals surface area contributed by atoms with Crippen LogP contribution >= 0.6 is 0 Å². The van der Waals surface area contributed by atoms with Crippen LogP contribution in [0.25, 0.3) is 5.65 Å². The Labute approximate surface area is 183 Å². The molecule has 3 aromatic rings. The number of nitrogens with zero attached hydrogens (tertiary/aromatic N) is 6. The van der Waals surface area contributed by atoms with E-state index in [1.807, 2.05) is 12.3 Å². The Morgan fingerprint density at radius 1 is 0.968 bits per heavy atom. The normalized spacial score (nSPS) is 25.9. The molecule has 0 bridgehead atoms. The third-order valence-corrected chi connectivity index (χ3v) is 7.00. The van der Waals surface area contributed by atoms with Gasteiger partial charge in [-0.15, -0.1) is 0 Å². The number of anilines is 1. The van der Waals surface area contributed by atoms with E-state index in [1.54, 1.807) is 0 Å². The molecule has 0 spiro atoms. The maximum absolute atomic E-state index is 10.7. The zero-order valence-corrected chi connectivity index (χ0v) is 18.6. The quantitative estimate of drug-likeness (QED) is 0.703. The molecule has 2 aliphatic rings. The minimum atomic E-state index is -0.366. The van der Waals surface area contributed by atoms with Gasteiger partial charge < -0.3 is 14.9 Å². The molecule has 2 aliphatic heterocycles. The number of aliphatic hydroxyl groups is 1. The molecule has 2 saturated heterocycles. The van der Waals surface area contributed by atoms with Crippen molar-refractivity contribution in [3.8, 4) is 0 Å². The summed E-state index contributed by atoms with van der Waals surface area (Å²) in [6.07, 6.45) is 5.04. The Hall–Kier alpha value is -2.48. The molecule has 1 N–H and O–H groups in total. The van der Waals surface area contributed by atoms with Crippen molar-refractivity contribution in [2.24, 2.45) is 0 Å². The number of imidazole rings is 1. The maximum atomic E-state index is 10.7. The number of piperidine rings is 1. The Morgan fingerprint density at radius 3 is 2.52 bits per heavy atom. The van der Waals surface area contributed by atoms with Crippen molar-refractivity contribution in [1.29, 1.82) is 0 Å². The number of hydrogen-bond acceptors (Lipinski definition) is 6. The van der Waals surface area contributed by atoms with E-state index < -0.39 is 0 Å².